The summed E-state index contributed by atoms with van der Waals surface area (Å²) in [5.41, 5.74) is 0. The molecule has 0 fully saturated rings. The van der Waals surface area contributed by atoms with Gasteiger partial charge in [0.05, 0.1) is 0 Å². The Balaban J connectivity index is 2.93. The van der Waals surface area contributed by atoms with E-state index in [1.165, 1.54) is 30.9 Å². The summed E-state index contributed by atoms with van der Waals surface area (Å²) in [6.45, 7) is 8.09. The van der Waals surface area contributed by atoms with E-state index in [4.69, 9.17) is 0 Å². The van der Waals surface area contributed by atoms with E-state index in [9.17, 15) is 0 Å². The van der Waals surface area contributed by atoms with Gasteiger partial charge in [0.2, 0.25) is 0 Å². The predicted octanol–water partition coefficient (Wildman–Crippen LogP) is 2.31. The van der Waals surface area contributed by atoms with Crippen molar-refractivity contribution < 1.29 is 0 Å². The van der Waals surface area contributed by atoms with Crippen molar-refractivity contribution in [3.05, 3.63) is 0 Å². The third-order valence-corrected chi connectivity index (χ3v) is 3.24. The standard InChI is InChI=1S/C12H28N2S/c1-12(2)6-10-15-11-8-13-7-5-9-14(3)4/h12-13H,5-11H2,1-4H3. The Morgan fingerprint density at radius 1 is 1.13 bits per heavy atom. The van der Waals surface area contributed by atoms with Crippen LogP contribution in [0.1, 0.15) is 26.7 Å². The fraction of sp³-hybridized carbons (Fsp3) is 1.00. The van der Waals surface area contributed by atoms with Crippen LogP contribution in [-0.4, -0.2) is 50.1 Å². The maximum atomic E-state index is 3.48. The molecule has 0 heterocycles. The molecule has 0 aromatic rings. The second-order valence-electron chi connectivity index (χ2n) is 4.70. The molecule has 0 radical (unpaired) electrons. The quantitative estimate of drug-likeness (QED) is 0.582. The first-order valence-corrected chi connectivity index (χ1v) is 7.21. The molecule has 0 aliphatic carbocycles. The van der Waals surface area contributed by atoms with Gasteiger partial charge in [-0.15, -0.1) is 0 Å². The Hall–Kier alpha value is 0.270. The van der Waals surface area contributed by atoms with E-state index in [1.807, 2.05) is 0 Å². The second kappa shape index (κ2) is 10.8. The van der Waals surface area contributed by atoms with Crippen LogP contribution in [0.2, 0.25) is 0 Å². The largest absolute Gasteiger partial charge is 0.316 e. The van der Waals surface area contributed by atoms with Crippen molar-refractivity contribution in [1.82, 2.24) is 10.2 Å². The molecule has 0 saturated heterocycles. The van der Waals surface area contributed by atoms with E-state index in [2.05, 4.69) is 49.9 Å². The van der Waals surface area contributed by atoms with Crippen LogP contribution in [0.25, 0.3) is 0 Å². The van der Waals surface area contributed by atoms with Crippen LogP contribution in [-0.2, 0) is 0 Å². The van der Waals surface area contributed by atoms with Gasteiger partial charge in [-0.2, -0.15) is 11.8 Å². The summed E-state index contributed by atoms with van der Waals surface area (Å²) >= 11 is 2.07. The first-order chi connectivity index (χ1) is 7.13. The van der Waals surface area contributed by atoms with Gasteiger partial charge in [-0.05, 0) is 51.7 Å². The van der Waals surface area contributed by atoms with Gasteiger partial charge in [-0.25, -0.2) is 0 Å². The van der Waals surface area contributed by atoms with Crippen molar-refractivity contribution >= 4 is 11.8 Å². The minimum Gasteiger partial charge on any atom is -0.316 e. The lowest BCUT2D eigenvalue weighted by atomic mass is 10.2. The number of hydrogen-bond acceptors (Lipinski definition) is 3. The molecule has 0 aliphatic heterocycles. The fourth-order valence-electron chi connectivity index (χ4n) is 1.21. The van der Waals surface area contributed by atoms with Gasteiger partial charge in [0, 0.05) is 12.3 Å². The number of nitrogens with zero attached hydrogens (tertiary/aromatic N) is 1. The SMILES string of the molecule is CC(C)CCSCCNCCCN(C)C. The molecule has 15 heavy (non-hydrogen) atoms. The van der Waals surface area contributed by atoms with Crippen LogP contribution in [0.5, 0.6) is 0 Å². The number of hydrogen-bond donors (Lipinski definition) is 1. The smallest absolute Gasteiger partial charge is 0.00581 e. The summed E-state index contributed by atoms with van der Waals surface area (Å²) in [7, 11) is 4.25. The molecule has 0 aliphatic rings. The zero-order valence-corrected chi connectivity index (χ0v) is 11.7. The first-order valence-electron chi connectivity index (χ1n) is 6.06. The Morgan fingerprint density at radius 3 is 2.47 bits per heavy atom. The minimum atomic E-state index is 0.852. The molecule has 0 spiro atoms. The molecule has 0 saturated carbocycles. The van der Waals surface area contributed by atoms with Crippen molar-refractivity contribution in [2.24, 2.45) is 5.92 Å². The van der Waals surface area contributed by atoms with Gasteiger partial charge >= 0.3 is 0 Å². The van der Waals surface area contributed by atoms with E-state index < -0.39 is 0 Å². The van der Waals surface area contributed by atoms with E-state index in [0.717, 1.165) is 19.0 Å². The molecule has 92 valence electrons. The molecule has 3 heteroatoms. The number of thioether (sulfide) groups is 1. The van der Waals surface area contributed by atoms with Crippen molar-refractivity contribution in [3.8, 4) is 0 Å². The van der Waals surface area contributed by atoms with Crippen molar-refractivity contribution in [2.75, 3.05) is 45.2 Å². The normalized spacial score (nSPS) is 11.6. The maximum Gasteiger partial charge on any atom is 0.00581 e. The Morgan fingerprint density at radius 2 is 1.87 bits per heavy atom. The van der Waals surface area contributed by atoms with Crippen molar-refractivity contribution in [1.29, 1.82) is 0 Å². The number of nitrogens with one attached hydrogen (secondary N) is 1. The summed E-state index contributed by atoms with van der Waals surface area (Å²) < 4.78 is 0. The molecule has 2 nitrogen and oxygen atoms in total. The van der Waals surface area contributed by atoms with Gasteiger partial charge < -0.3 is 10.2 Å². The van der Waals surface area contributed by atoms with Gasteiger partial charge in [0.15, 0.2) is 0 Å². The topological polar surface area (TPSA) is 15.3 Å². The Bertz CT molecular complexity index is 113. The van der Waals surface area contributed by atoms with Crippen LogP contribution in [0, 0.1) is 5.92 Å². The summed E-state index contributed by atoms with van der Waals surface area (Å²) in [6.07, 6.45) is 2.61. The summed E-state index contributed by atoms with van der Waals surface area (Å²) in [5, 5.41) is 3.48. The molecule has 0 aromatic heterocycles. The molecule has 0 bridgehead atoms. The average molecular weight is 232 g/mol. The maximum absolute atomic E-state index is 3.48. The van der Waals surface area contributed by atoms with Gasteiger partial charge in [-0.1, -0.05) is 13.8 Å². The highest BCUT2D eigenvalue weighted by Gasteiger charge is 1.94. The third-order valence-electron chi connectivity index (χ3n) is 2.22. The zero-order valence-electron chi connectivity index (χ0n) is 10.9. The van der Waals surface area contributed by atoms with Crippen LogP contribution < -0.4 is 5.32 Å². The van der Waals surface area contributed by atoms with Crippen LogP contribution in [0.15, 0.2) is 0 Å². The van der Waals surface area contributed by atoms with E-state index >= 15 is 0 Å². The summed E-state index contributed by atoms with van der Waals surface area (Å²) in [4.78, 5) is 2.24. The van der Waals surface area contributed by atoms with Crippen molar-refractivity contribution in [3.63, 3.8) is 0 Å². The fourth-order valence-corrected chi connectivity index (χ4v) is 2.34. The zero-order chi connectivity index (χ0) is 11.5. The van der Waals surface area contributed by atoms with Crippen molar-refractivity contribution in [2.45, 2.75) is 26.7 Å². The second-order valence-corrected chi connectivity index (χ2v) is 5.93. The average Bonchev–Trinajstić information content (AvgIpc) is 2.14. The molecular weight excluding hydrogens is 204 g/mol. The molecule has 0 rings (SSSR count). The van der Waals surface area contributed by atoms with Gasteiger partial charge in [0.25, 0.3) is 0 Å². The van der Waals surface area contributed by atoms with Crippen LogP contribution in [0.3, 0.4) is 0 Å². The molecular formula is C12H28N2S. The molecule has 1 N–H and O–H groups in total. The molecule has 0 unspecified atom stereocenters. The predicted molar refractivity (Wildman–Crippen MR) is 72.8 cm³/mol. The Kier molecular flexibility index (Phi) is 11.0. The van der Waals surface area contributed by atoms with Gasteiger partial charge in [-0.3, -0.25) is 0 Å². The molecule has 0 atom stereocenters. The lowest BCUT2D eigenvalue weighted by Gasteiger charge is -2.09. The minimum absolute atomic E-state index is 0.852. The van der Waals surface area contributed by atoms with E-state index in [-0.39, 0.29) is 0 Å². The summed E-state index contributed by atoms with van der Waals surface area (Å²) in [5.74, 6) is 3.43. The van der Waals surface area contributed by atoms with E-state index in [0.29, 0.717) is 0 Å². The molecule has 0 aromatic carbocycles. The highest BCUT2D eigenvalue weighted by Crippen LogP contribution is 2.07. The monoisotopic (exact) mass is 232 g/mol. The Labute approximate surface area is 100 Å². The van der Waals surface area contributed by atoms with Crippen LogP contribution in [0.4, 0.5) is 0 Å². The van der Waals surface area contributed by atoms with Gasteiger partial charge in [0.1, 0.15) is 0 Å². The number of rotatable bonds is 10. The first kappa shape index (κ1) is 15.3. The molecule has 0 amide bonds. The van der Waals surface area contributed by atoms with E-state index in [1.54, 1.807) is 0 Å². The summed E-state index contributed by atoms with van der Waals surface area (Å²) in [6, 6.07) is 0. The third kappa shape index (κ3) is 14.3. The lowest BCUT2D eigenvalue weighted by molar-refractivity contribution is 0.396. The highest BCUT2D eigenvalue weighted by atomic mass is 32.2. The lowest BCUT2D eigenvalue weighted by Crippen LogP contribution is -2.23. The highest BCUT2D eigenvalue weighted by molar-refractivity contribution is 7.99. The van der Waals surface area contributed by atoms with Crippen LogP contribution >= 0.6 is 11.8 Å².